The summed E-state index contributed by atoms with van der Waals surface area (Å²) in [5.74, 6) is 0.671. The second kappa shape index (κ2) is 7.56. The van der Waals surface area contributed by atoms with Crippen molar-refractivity contribution in [2.75, 3.05) is 18.0 Å². The SMILES string of the molecule is CC(C)CCNC(=O)c1cc2c(cc1Cl)N1CCCCCC1=NS2(=O)=O. The number of amides is 1. The van der Waals surface area contributed by atoms with Crippen LogP contribution in [-0.4, -0.2) is 33.3 Å². The smallest absolute Gasteiger partial charge is 0.286 e. The summed E-state index contributed by atoms with van der Waals surface area (Å²) in [6.45, 7) is 5.37. The topological polar surface area (TPSA) is 78.8 Å². The molecule has 1 amide bonds. The lowest BCUT2D eigenvalue weighted by molar-refractivity contribution is 0.0952. The fourth-order valence-corrected chi connectivity index (χ4v) is 4.75. The van der Waals surface area contributed by atoms with Crippen LogP contribution in [0.15, 0.2) is 21.4 Å². The molecule has 142 valence electrons. The Hall–Kier alpha value is -1.60. The van der Waals surface area contributed by atoms with Crippen molar-refractivity contribution < 1.29 is 13.2 Å². The van der Waals surface area contributed by atoms with Crippen LogP contribution in [0.1, 0.15) is 56.3 Å². The molecule has 0 aliphatic carbocycles. The van der Waals surface area contributed by atoms with E-state index in [0.29, 0.717) is 37.0 Å². The number of benzene rings is 1. The molecule has 2 aliphatic rings. The second-order valence-electron chi connectivity index (χ2n) is 7.18. The van der Waals surface area contributed by atoms with Gasteiger partial charge >= 0.3 is 0 Å². The lowest BCUT2D eigenvalue weighted by Gasteiger charge is -2.30. The summed E-state index contributed by atoms with van der Waals surface area (Å²) < 4.78 is 29.3. The highest BCUT2D eigenvalue weighted by Crippen LogP contribution is 2.37. The third-order valence-electron chi connectivity index (χ3n) is 4.69. The molecule has 2 heterocycles. The zero-order valence-corrected chi connectivity index (χ0v) is 16.7. The Morgan fingerprint density at radius 1 is 1.31 bits per heavy atom. The summed E-state index contributed by atoms with van der Waals surface area (Å²) in [5.41, 5.74) is 0.701. The number of carbonyl (C=O) groups excluding carboxylic acids is 1. The molecule has 1 N–H and O–H groups in total. The van der Waals surface area contributed by atoms with Crippen LogP contribution in [0.2, 0.25) is 5.02 Å². The molecule has 0 saturated carbocycles. The van der Waals surface area contributed by atoms with Crippen molar-refractivity contribution in [3.63, 3.8) is 0 Å². The summed E-state index contributed by atoms with van der Waals surface area (Å²) in [7, 11) is -3.83. The van der Waals surface area contributed by atoms with Gasteiger partial charge in [-0.05, 0) is 37.3 Å². The molecular weight excluding hydrogens is 374 g/mol. The summed E-state index contributed by atoms with van der Waals surface area (Å²) in [6.07, 6.45) is 4.40. The number of nitrogens with one attached hydrogen (secondary N) is 1. The first kappa shape index (κ1) is 19.2. The van der Waals surface area contributed by atoms with E-state index in [2.05, 4.69) is 23.6 Å². The number of rotatable bonds is 4. The molecule has 2 aliphatic heterocycles. The molecule has 1 aromatic carbocycles. The van der Waals surface area contributed by atoms with Crippen molar-refractivity contribution in [2.45, 2.75) is 50.8 Å². The highest BCUT2D eigenvalue weighted by atomic mass is 35.5. The van der Waals surface area contributed by atoms with Crippen LogP contribution in [0, 0.1) is 5.92 Å². The van der Waals surface area contributed by atoms with Crippen molar-refractivity contribution >= 4 is 39.1 Å². The van der Waals surface area contributed by atoms with Gasteiger partial charge in [-0.1, -0.05) is 31.9 Å². The van der Waals surface area contributed by atoms with Crippen molar-refractivity contribution in [3.05, 3.63) is 22.7 Å². The number of carbonyl (C=O) groups is 1. The monoisotopic (exact) mass is 397 g/mol. The quantitative estimate of drug-likeness (QED) is 0.841. The fraction of sp³-hybridized carbons (Fsp3) is 0.556. The van der Waals surface area contributed by atoms with Gasteiger partial charge in [-0.25, -0.2) is 0 Å². The van der Waals surface area contributed by atoms with E-state index < -0.39 is 10.0 Å². The highest BCUT2D eigenvalue weighted by Gasteiger charge is 2.33. The molecule has 3 rings (SSSR count). The summed E-state index contributed by atoms with van der Waals surface area (Å²) in [6, 6.07) is 2.95. The van der Waals surface area contributed by atoms with Crippen LogP contribution in [0.25, 0.3) is 0 Å². The molecule has 0 bridgehead atoms. The molecule has 0 radical (unpaired) electrons. The van der Waals surface area contributed by atoms with E-state index >= 15 is 0 Å². The normalized spacial score (nSPS) is 18.6. The molecule has 8 heteroatoms. The van der Waals surface area contributed by atoms with Crippen LogP contribution in [0.5, 0.6) is 0 Å². The lowest BCUT2D eigenvalue weighted by atomic mass is 10.1. The van der Waals surface area contributed by atoms with E-state index in [4.69, 9.17) is 11.6 Å². The van der Waals surface area contributed by atoms with E-state index in [1.54, 1.807) is 6.07 Å². The molecule has 1 saturated heterocycles. The van der Waals surface area contributed by atoms with Gasteiger partial charge in [-0.2, -0.15) is 8.42 Å². The van der Waals surface area contributed by atoms with E-state index in [1.807, 2.05) is 4.90 Å². The maximum atomic E-state index is 12.6. The van der Waals surface area contributed by atoms with Gasteiger partial charge in [0.2, 0.25) is 0 Å². The minimum absolute atomic E-state index is 0.0570. The van der Waals surface area contributed by atoms with Gasteiger partial charge in [0.25, 0.3) is 15.9 Å². The maximum Gasteiger partial charge on any atom is 0.286 e. The number of hydrogen-bond acceptors (Lipinski definition) is 4. The van der Waals surface area contributed by atoms with Crippen LogP contribution >= 0.6 is 11.6 Å². The first-order valence-electron chi connectivity index (χ1n) is 9.02. The minimum Gasteiger partial charge on any atom is -0.352 e. The Morgan fingerprint density at radius 2 is 2.08 bits per heavy atom. The van der Waals surface area contributed by atoms with Crippen molar-refractivity contribution in [1.29, 1.82) is 0 Å². The first-order chi connectivity index (χ1) is 12.3. The molecule has 26 heavy (non-hydrogen) atoms. The molecule has 1 fully saturated rings. The molecule has 0 atom stereocenters. The zero-order valence-electron chi connectivity index (χ0n) is 15.1. The minimum atomic E-state index is -3.83. The number of fused-ring (bicyclic) bond motifs is 3. The van der Waals surface area contributed by atoms with Crippen LogP contribution in [-0.2, 0) is 10.0 Å². The summed E-state index contributed by atoms with van der Waals surface area (Å²) >= 11 is 6.34. The number of sulfonamides is 1. The van der Waals surface area contributed by atoms with Gasteiger partial charge < -0.3 is 10.2 Å². The number of nitrogens with zero attached hydrogens (tertiary/aromatic N) is 2. The highest BCUT2D eigenvalue weighted by molar-refractivity contribution is 7.90. The average molecular weight is 398 g/mol. The fourth-order valence-electron chi connectivity index (χ4n) is 3.24. The van der Waals surface area contributed by atoms with Crippen molar-refractivity contribution in [3.8, 4) is 0 Å². The number of halogens is 1. The van der Waals surface area contributed by atoms with Crippen LogP contribution in [0.4, 0.5) is 5.69 Å². The molecule has 0 unspecified atom stereocenters. The van der Waals surface area contributed by atoms with Gasteiger partial charge in [0.1, 0.15) is 10.7 Å². The second-order valence-corrected chi connectivity index (χ2v) is 9.16. The Bertz CT molecular complexity index is 849. The van der Waals surface area contributed by atoms with Gasteiger partial charge in [0.05, 0.1) is 16.3 Å². The Morgan fingerprint density at radius 3 is 2.81 bits per heavy atom. The van der Waals surface area contributed by atoms with E-state index in [1.165, 1.54) is 6.07 Å². The number of hydrogen-bond donors (Lipinski definition) is 1. The van der Waals surface area contributed by atoms with Crippen LogP contribution in [0.3, 0.4) is 0 Å². The van der Waals surface area contributed by atoms with E-state index in [0.717, 1.165) is 25.7 Å². The first-order valence-corrected chi connectivity index (χ1v) is 10.8. The number of amidine groups is 1. The van der Waals surface area contributed by atoms with Crippen molar-refractivity contribution in [2.24, 2.45) is 10.3 Å². The molecular formula is C18H24ClN3O3S. The molecule has 6 nitrogen and oxygen atoms in total. The van der Waals surface area contributed by atoms with Gasteiger partial charge in [0.15, 0.2) is 0 Å². The van der Waals surface area contributed by atoms with Gasteiger partial charge in [-0.15, -0.1) is 4.40 Å². The van der Waals surface area contributed by atoms with Gasteiger partial charge in [-0.3, -0.25) is 4.79 Å². The largest absolute Gasteiger partial charge is 0.352 e. The Balaban J connectivity index is 1.96. The zero-order chi connectivity index (χ0) is 18.9. The summed E-state index contributed by atoms with van der Waals surface area (Å²) in [5, 5.41) is 3.06. The standard InChI is InChI=1S/C18H24ClN3O3S/c1-12(2)7-8-20-18(23)13-10-16-15(11-14(13)19)22-9-5-3-4-6-17(22)21-26(16,24)25/h10-12H,3-9H2,1-2H3,(H,20,23). The van der Waals surface area contributed by atoms with E-state index in [9.17, 15) is 13.2 Å². The Labute approximate surface area is 159 Å². The maximum absolute atomic E-state index is 12.6. The van der Waals surface area contributed by atoms with Crippen LogP contribution < -0.4 is 10.2 Å². The predicted molar refractivity (Wildman–Crippen MR) is 104 cm³/mol. The average Bonchev–Trinajstić information content (AvgIpc) is 2.78. The number of anilines is 1. The lowest BCUT2D eigenvalue weighted by Crippen LogP contribution is -2.35. The molecule has 0 spiro atoms. The molecule has 1 aromatic rings. The van der Waals surface area contributed by atoms with Crippen molar-refractivity contribution in [1.82, 2.24) is 5.32 Å². The summed E-state index contributed by atoms with van der Waals surface area (Å²) in [4.78, 5) is 14.4. The van der Waals surface area contributed by atoms with Gasteiger partial charge in [0, 0.05) is 19.5 Å². The van der Waals surface area contributed by atoms with E-state index in [-0.39, 0.29) is 21.4 Å². The third kappa shape index (κ3) is 3.88. The third-order valence-corrected chi connectivity index (χ3v) is 6.34. The Kier molecular flexibility index (Phi) is 5.58. The predicted octanol–water partition coefficient (Wildman–Crippen LogP) is 3.60. The molecule has 0 aromatic heterocycles.